The molecule has 1 aromatic carbocycles. The van der Waals surface area contributed by atoms with Crippen molar-refractivity contribution < 1.29 is 13.9 Å². The number of benzene rings is 1. The van der Waals surface area contributed by atoms with Crippen LogP contribution in [0, 0.1) is 5.82 Å². The first-order chi connectivity index (χ1) is 11.7. The molecule has 0 spiro atoms. The van der Waals surface area contributed by atoms with Crippen LogP contribution in [-0.4, -0.2) is 27.6 Å². The van der Waals surface area contributed by atoms with E-state index in [-0.39, 0.29) is 18.2 Å². The van der Waals surface area contributed by atoms with Gasteiger partial charge < -0.3 is 10.1 Å². The minimum Gasteiger partial charge on any atom is -0.494 e. The molecule has 3 aromatic rings. The fraction of sp³-hybridized carbons (Fsp3) is 0.118. The molecule has 1 amide bonds. The molecule has 2 heterocycles. The van der Waals surface area contributed by atoms with Crippen LogP contribution in [0.15, 0.2) is 48.7 Å². The molecule has 1 N–H and O–H groups in total. The summed E-state index contributed by atoms with van der Waals surface area (Å²) in [4.78, 5) is 11.9. The molecule has 0 saturated heterocycles. The molecular formula is C17H15FN4O2. The Balaban J connectivity index is 1.62. The van der Waals surface area contributed by atoms with Crippen LogP contribution in [0.25, 0.3) is 11.7 Å². The van der Waals surface area contributed by atoms with Crippen LogP contribution < -0.4 is 10.1 Å². The molecule has 0 bridgehead atoms. The van der Waals surface area contributed by atoms with Crippen LogP contribution in [0.1, 0.15) is 11.4 Å². The molecule has 0 saturated carbocycles. The highest BCUT2D eigenvalue weighted by atomic mass is 19.1. The van der Waals surface area contributed by atoms with Gasteiger partial charge in [0.15, 0.2) is 23.0 Å². The van der Waals surface area contributed by atoms with Crippen molar-refractivity contribution in [3.8, 4) is 5.75 Å². The van der Waals surface area contributed by atoms with Crippen molar-refractivity contribution >= 4 is 17.6 Å². The van der Waals surface area contributed by atoms with Crippen molar-refractivity contribution in [3.05, 3.63) is 65.9 Å². The van der Waals surface area contributed by atoms with Crippen molar-refractivity contribution in [1.82, 2.24) is 19.9 Å². The van der Waals surface area contributed by atoms with E-state index in [4.69, 9.17) is 4.74 Å². The first-order valence-electron chi connectivity index (χ1n) is 7.25. The Hall–Kier alpha value is -3.22. The number of aromatic nitrogens is 3. The topological polar surface area (TPSA) is 68.5 Å². The zero-order valence-corrected chi connectivity index (χ0v) is 12.9. The predicted molar refractivity (Wildman–Crippen MR) is 86.8 cm³/mol. The molecular weight excluding hydrogens is 311 g/mol. The van der Waals surface area contributed by atoms with Gasteiger partial charge >= 0.3 is 0 Å². The van der Waals surface area contributed by atoms with Crippen molar-refractivity contribution in [1.29, 1.82) is 0 Å². The van der Waals surface area contributed by atoms with E-state index < -0.39 is 5.82 Å². The van der Waals surface area contributed by atoms with E-state index in [0.717, 1.165) is 0 Å². The van der Waals surface area contributed by atoms with Crippen LogP contribution in [0.2, 0.25) is 0 Å². The second-order valence-electron chi connectivity index (χ2n) is 4.99. The van der Waals surface area contributed by atoms with E-state index in [0.29, 0.717) is 17.0 Å². The number of hydrogen-bond donors (Lipinski definition) is 1. The normalized spacial score (nSPS) is 11.1. The van der Waals surface area contributed by atoms with Gasteiger partial charge in [0, 0.05) is 12.3 Å². The van der Waals surface area contributed by atoms with Crippen LogP contribution >= 0.6 is 0 Å². The maximum atomic E-state index is 13.6. The van der Waals surface area contributed by atoms with E-state index in [9.17, 15) is 9.18 Å². The summed E-state index contributed by atoms with van der Waals surface area (Å²) in [5.74, 6) is 0.00650. The van der Waals surface area contributed by atoms with Gasteiger partial charge in [-0.15, -0.1) is 10.2 Å². The molecule has 0 radical (unpaired) electrons. The van der Waals surface area contributed by atoms with Gasteiger partial charge in [-0.2, -0.15) is 0 Å². The molecule has 0 fully saturated rings. The van der Waals surface area contributed by atoms with Gasteiger partial charge in [-0.25, -0.2) is 4.39 Å². The number of carbonyl (C=O) groups excluding carboxylic acids is 1. The highest BCUT2D eigenvalue weighted by Crippen LogP contribution is 2.18. The lowest BCUT2D eigenvalue weighted by atomic mass is 10.2. The van der Waals surface area contributed by atoms with Gasteiger partial charge in [0.25, 0.3) is 0 Å². The Morgan fingerprint density at radius 3 is 3.00 bits per heavy atom. The van der Waals surface area contributed by atoms with Crippen LogP contribution in [-0.2, 0) is 11.3 Å². The molecule has 6 nitrogen and oxygen atoms in total. The van der Waals surface area contributed by atoms with Crippen LogP contribution in [0.5, 0.6) is 5.75 Å². The van der Waals surface area contributed by atoms with Gasteiger partial charge in [-0.05, 0) is 35.9 Å². The number of carbonyl (C=O) groups is 1. The Labute approximate surface area is 137 Å². The maximum absolute atomic E-state index is 13.6. The van der Waals surface area contributed by atoms with Gasteiger partial charge in [-0.1, -0.05) is 12.1 Å². The Morgan fingerprint density at radius 1 is 1.33 bits per heavy atom. The lowest BCUT2D eigenvalue weighted by Crippen LogP contribution is -2.21. The molecule has 3 rings (SSSR count). The lowest BCUT2D eigenvalue weighted by molar-refractivity contribution is -0.116. The van der Waals surface area contributed by atoms with Crippen molar-refractivity contribution in [2.24, 2.45) is 0 Å². The summed E-state index contributed by atoms with van der Waals surface area (Å²) in [5.41, 5.74) is 1.28. The van der Waals surface area contributed by atoms with Crippen molar-refractivity contribution in [3.63, 3.8) is 0 Å². The van der Waals surface area contributed by atoms with E-state index in [1.54, 1.807) is 10.5 Å². The van der Waals surface area contributed by atoms with Crippen LogP contribution in [0.3, 0.4) is 0 Å². The summed E-state index contributed by atoms with van der Waals surface area (Å²) < 4.78 is 20.2. The summed E-state index contributed by atoms with van der Waals surface area (Å²) in [7, 11) is 1.40. The fourth-order valence-corrected chi connectivity index (χ4v) is 2.19. The molecule has 0 unspecified atom stereocenters. The number of amides is 1. The van der Waals surface area contributed by atoms with Crippen LogP contribution in [0.4, 0.5) is 4.39 Å². The summed E-state index contributed by atoms with van der Waals surface area (Å²) in [6, 6.07) is 10.0. The molecule has 7 heteroatoms. The Kier molecular flexibility index (Phi) is 4.51. The second-order valence-corrected chi connectivity index (χ2v) is 4.99. The lowest BCUT2D eigenvalue weighted by Gasteiger charge is -2.02. The number of nitrogens with one attached hydrogen (secondary N) is 1. The first-order valence-corrected chi connectivity index (χ1v) is 7.25. The molecule has 2 aromatic heterocycles. The number of hydrogen-bond acceptors (Lipinski definition) is 4. The van der Waals surface area contributed by atoms with Gasteiger partial charge in [0.1, 0.15) is 0 Å². The number of rotatable bonds is 5. The third-order valence-electron chi connectivity index (χ3n) is 3.41. The van der Waals surface area contributed by atoms with Crippen molar-refractivity contribution in [2.45, 2.75) is 6.54 Å². The number of ether oxygens (including phenoxy) is 1. The standard InChI is InChI=1S/C17H15FN4O2/c1-24-14-7-5-12(10-13(14)18)6-8-17(23)19-11-16-21-20-15-4-2-3-9-22(15)16/h2-10H,11H2,1H3,(H,19,23)/b8-6+. The number of fused-ring (bicyclic) bond motifs is 1. The minimum atomic E-state index is -0.477. The minimum absolute atomic E-state index is 0.162. The third-order valence-corrected chi connectivity index (χ3v) is 3.41. The number of pyridine rings is 1. The predicted octanol–water partition coefficient (Wildman–Crippen LogP) is 2.21. The zero-order chi connectivity index (χ0) is 16.9. The number of methoxy groups -OCH3 is 1. The van der Waals surface area contributed by atoms with E-state index in [1.807, 2.05) is 24.4 Å². The fourth-order valence-electron chi connectivity index (χ4n) is 2.19. The molecule has 0 aliphatic heterocycles. The highest BCUT2D eigenvalue weighted by molar-refractivity contribution is 5.91. The monoisotopic (exact) mass is 326 g/mol. The first kappa shape index (κ1) is 15.7. The molecule has 0 aliphatic rings. The molecule has 122 valence electrons. The Morgan fingerprint density at radius 2 is 2.21 bits per heavy atom. The van der Waals surface area contributed by atoms with Crippen molar-refractivity contribution in [2.75, 3.05) is 7.11 Å². The van der Waals surface area contributed by atoms with E-state index >= 15 is 0 Å². The van der Waals surface area contributed by atoms with Gasteiger partial charge in [0.05, 0.1) is 13.7 Å². The molecule has 24 heavy (non-hydrogen) atoms. The summed E-state index contributed by atoms with van der Waals surface area (Å²) >= 11 is 0. The quantitative estimate of drug-likeness (QED) is 0.730. The van der Waals surface area contributed by atoms with Gasteiger partial charge in [-0.3, -0.25) is 9.20 Å². The average Bonchev–Trinajstić information content (AvgIpc) is 3.01. The maximum Gasteiger partial charge on any atom is 0.244 e. The summed E-state index contributed by atoms with van der Waals surface area (Å²) in [6.45, 7) is 0.241. The van der Waals surface area contributed by atoms with E-state index in [2.05, 4.69) is 15.5 Å². The third kappa shape index (κ3) is 3.40. The summed E-state index contributed by atoms with van der Waals surface area (Å²) in [6.07, 6.45) is 4.69. The highest BCUT2D eigenvalue weighted by Gasteiger charge is 2.05. The van der Waals surface area contributed by atoms with Gasteiger partial charge in [0.2, 0.25) is 5.91 Å². The molecule has 0 atom stereocenters. The smallest absolute Gasteiger partial charge is 0.244 e. The number of halogens is 1. The van der Waals surface area contributed by atoms with E-state index in [1.165, 1.54) is 31.4 Å². The Bertz CT molecular complexity index is 904. The summed E-state index contributed by atoms with van der Waals surface area (Å²) in [5, 5.41) is 10.8. The molecule has 0 aliphatic carbocycles. The SMILES string of the molecule is COc1ccc(/C=C/C(=O)NCc2nnc3ccccn23)cc1F. The second kappa shape index (κ2) is 6.91. The largest absolute Gasteiger partial charge is 0.494 e. The zero-order valence-electron chi connectivity index (χ0n) is 12.9. The number of nitrogens with zero attached hydrogens (tertiary/aromatic N) is 3. The average molecular weight is 326 g/mol.